The molecule has 0 atom stereocenters. The van der Waals surface area contributed by atoms with Crippen molar-refractivity contribution in [2.75, 3.05) is 0 Å². The van der Waals surface area contributed by atoms with Gasteiger partial charge in [0, 0.05) is 12.8 Å². The van der Waals surface area contributed by atoms with Crippen molar-refractivity contribution in [3.8, 4) is 0 Å². The van der Waals surface area contributed by atoms with E-state index >= 15 is 0 Å². The van der Waals surface area contributed by atoms with Gasteiger partial charge in [0.05, 0.1) is 11.2 Å². The van der Waals surface area contributed by atoms with Crippen molar-refractivity contribution in [2.24, 2.45) is 0 Å². The van der Waals surface area contributed by atoms with E-state index in [2.05, 4.69) is 13.8 Å². The number of rotatable bonds is 10. The normalized spacial score (nSPS) is 13.7. The van der Waals surface area contributed by atoms with Crippen molar-refractivity contribution in [2.45, 2.75) is 111 Å². The Labute approximate surface area is 131 Å². The Morgan fingerprint density at radius 1 is 0.571 bits per heavy atom. The fraction of sp³-hybridized carbons (Fsp3) is 1.00. The Morgan fingerprint density at radius 3 is 1.38 bits per heavy atom. The van der Waals surface area contributed by atoms with Crippen molar-refractivity contribution in [3.05, 3.63) is 0 Å². The van der Waals surface area contributed by atoms with Crippen molar-refractivity contribution >= 4 is 0 Å². The summed E-state index contributed by atoms with van der Waals surface area (Å²) < 4.78 is 0. The largest absolute Gasteiger partial charge is 0.234 e. The quantitative estimate of drug-likeness (QED) is 0.229. The summed E-state index contributed by atoms with van der Waals surface area (Å²) in [5.74, 6) is -0.829. The molecule has 21 heavy (non-hydrogen) atoms. The second-order valence-corrected chi connectivity index (χ2v) is 7.68. The van der Waals surface area contributed by atoms with Crippen LogP contribution < -0.4 is 0 Å². The van der Waals surface area contributed by atoms with Crippen molar-refractivity contribution in [3.63, 3.8) is 0 Å². The summed E-state index contributed by atoms with van der Waals surface area (Å²) in [4.78, 5) is 22.5. The fourth-order valence-electron chi connectivity index (χ4n) is 1.73. The van der Waals surface area contributed by atoms with Gasteiger partial charge in [0.2, 0.25) is 5.79 Å². The molecule has 0 aromatic rings. The van der Waals surface area contributed by atoms with Crippen LogP contribution in [0.4, 0.5) is 0 Å². The van der Waals surface area contributed by atoms with Crippen molar-refractivity contribution in [1.82, 2.24) is 0 Å². The molecule has 0 aliphatic carbocycles. The van der Waals surface area contributed by atoms with Crippen LogP contribution >= 0.6 is 0 Å². The van der Waals surface area contributed by atoms with Crippen LogP contribution in [0.1, 0.15) is 93.9 Å². The maximum absolute atomic E-state index is 5.73. The lowest BCUT2D eigenvalue weighted by molar-refractivity contribution is -0.543. The Morgan fingerprint density at radius 2 is 1.05 bits per heavy atom. The smallest absolute Gasteiger partial charge is 0.228 e. The molecule has 0 bridgehead atoms. The summed E-state index contributed by atoms with van der Waals surface area (Å²) in [6.07, 6.45) is 5.76. The predicted molar refractivity (Wildman–Crippen MR) is 85.6 cm³/mol. The summed E-state index contributed by atoms with van der Waals surface area (Å²) in [5.41, 5.74) is -0.760. The number of unbranched alkanes of at least 4 members (excludes halogenated alkanes) is 2. The van der Waals surface area contributed by atoms with E-state index in [0.29, 0.717) is 0 Å². The summed E-state index contributed by atoms with van der Waals surface area (Å²) >= 11 is 0. The highest BCUT2D eigenvalue weighted by atomic mass is 17.3. The van der Waals surface area contributed by atoms with E-state index in [0.717, 1.165) is 38.5 Å². The van der Waals surface area contributed by atoms with Crippen LogP contribution in [0.25, 0.3) is 0 Å². The van der Waals surface area contributed by atoms with E-state index in [1.54, 1.807) is 0 Å². The average Bonchev–Trinajstić information content (AvgIpc) is 2.33. The number of hydrogen-bond donors (Lipinski definition) is 0. The van der Waals surface area contributed by atoms with Crippen LogP contribution in [0.15, 0.2) is 0 Å². The van der Waals surface area contributed by atoms with E-state index in [9.17, 15) is 0 Å². The predicted octanol–water partition coefficient (Wildman–Crippen LogP) is 5.56. The average molecular weight is 304 g/mol. The van der Waals surface area contributed by atoms with Crippen molar-refractivity contribution in [1.29, 1.82) is 0 Å². The Balaban J connectivity index is 4.84. The minimum Gasteiger partial charge on any atom is -0.228 e. The van der Waals surface area contributed by atoms with Crippen molar-refractivity contribution < 1.29 is 19.6 Å². The van der Waals surface area contributed by atoms with Gasteiger partial charge in [-0.15, -0.1) is 0 Å². The summed E-state index contributed by atoms with van der Waals surface area (Å²) in [6, 6.07) is 0. The van der Waals surface area contributed by atoms with Gasteiger partial charge < -0.3 is 0 Å². The van der Waals surface area contributed by atoms with Gasteiger partial charge in [0.25, 0.3) is 0 Å². The molecule has 0 unspecified atom stereocenters. The highest BCUT2D eigenvalue weighted by Crippen LogP contribution is 2.31. The molecule has 0 saturated carbocycles. The van der Waals surface area contributed by atoms with Crippen LogP contribution in [-0.2, 0) is 19.6 Å². The Kier molecular flexibility index (Phi) is 9.02. The van der Waals surface area contributed by atoms with Crippen LogP contribution in [0.3, 0.4) is 0 Å². The lowest BCUT2D eigenvalue weighted by atomic mass is 10.0. The summed E-state index contributed by atoms with van der Waals surface area (Å²) in [6.45, 7) is 16.0. The maximum Gasteiger partial charge on any atom is 0.234 e. The zero-order valence-electron chi connectivity index (χ0n) is 15.4. The highest BCUT2D eigenvalue weighted by molar-refractivity contribution is 4.69. The van der Waals surface area contributed by atoms with Crippen LogP contribution in [-0.4, -0.2) is 17.0 Å². The highest BCUT2D eigenvalue weighted by Gasteiger charge is 2.37. The van der Waals surface area contributed by atoms with E-state index < -0.39 is 5.79 Å². The van der Waals surface area contributed by atoms with Crippen LogP contribution in [0.5, 0.6) is 0 Å². The van der Waals surface area contributed by atoms with Gasteiger partial charge >= 0.3 is 0 Å². The van der Waals surface area contributed by atoms with E-state index in [4.69, 9.17) is 19.6 Å². The van der Waals surface area contributed by atoms with Gasteiger partial charge in [0.15, 0.2) is 0 Å². The van der Waals surface area contributed by atoms with Gasteiger partial charge in [-0.2, -0.15) is 9.78 Å². The standard InChI is InChI=1S/C17H36O4/c1-9-11-12-14-17(13-10-2,20-18-15(3,4)5)21-19-16(6,7)8/h9-14H2,1-8H3. The molecule has 0 aromatic carbocycles. The zero-order chi connectivity index (χ0) is 16.6. The second kappa shape index (κ2) is 9.09. The maximum atomic E-state index is 5.73. The molecule has 128 valence electrons. The van der Waals surface area contributed by atoms with Crippen LogP contribution in [0, 0.1) is 0 Å². The van der Waals surface area contributed by atoms with E-state index in [1.807, 2.05) is 41.5 Å². The lowest BCUT2D eigenvalue weighted by Gasteiger charge is -2.35. The van der Waals surface area contributed by atoms with Gasteiger partial charge in [-0.1, -0.05) is 33.1 Å². The number of hydrogen-bond acceptors (Lipinski definition) is 4. The Bertz CT molecular complexity index is 245. The third kappa shape index (κ3) is 11.1. The van der Waals surface area contributed by atoms with Gasteiger partial charge in [0.1, 0.15) is 0 Å². The molecular formula is C17H36O4. The second-order valence-electron chi connectivity index (χ2n) is 7.68. The molecule has 0 rings (SSSR count). The van der Waals surface area contributed by atoms with Crippen LogP contribution in [0.2, 0.25) is 0 Å². The molecule has 0 amide bonds. The summed E-state index contributed by atoms with van der Waals surface area (Å²) in [7, 11) is 0. The fourth-order valence-corrected chi connectivity index (χ4v) is 1.73. The SMILES string of the molecule is CCCCCC(CCC)(OOC(C)(C)C)OOC(C)(C)C. The third-order valence-electron chi connectivity index (χ3n) is 2.68. The van der Waals surface area contributed by atoms with Gasteiger partial charge in [-0.3, -0.25) is 0 Å². The molecule has 0 aromatic heterocycles. The van der Waals surface area contributed by atoms with Gasteiger partial charge in [-0.25, -0.2) is 9.78 Å². The zero-order valence-corrected chi connectivity index (χ0v) is 15.4. The Hall–Kier alpha value is -0.160. The minimum atomic E-state index is -0.829. The molecule has 0 spiro atoms. The molecule has 4 nitrogen and oxygen atoms in total. The first-order valence-corrected chi connectivity index (χ1v) is 8.27. The minimum absolute atomic E-state index is 0.380. The molecule has 0 radical (unpaired) electrons. The molecule has 0 N–H and O–H groups in total. The molecule has 0 saturated heterocycles. The first kappa shape index (κ1) is 20.8. The molecule has 0 aliphatic rings. The molecular weight excluding hydrogens is 268 g/mol. The third-order valence-corrected chi connectivity index (χ3v) is 2.68. The monoisotopic (exact) mass is 304 g/mol. The van der Waals surface area contributed by atoms with Gasteiger partial charge in [-0.05, 0) is 48.0 Å². The summed E-state index contributed by atoms with van der Waals surface area (Å²) in [5, 5.41) is 0. The van der Waals surface area contributed by atoms with E-state index in [-0.39, 0.29) is 11.2 Å². The first-order valence-electron chi connectivity index (χ1n) is 8.27. The molecule has 0 fully saturated rings. The molecule has 0 heterocycles. The molecule has 0 aliphatic heterocycles. The lowest BCUT2D eigenvalue weighted by Crippen LogP contribution is -2.41. The topological polar surface area (TPSA) is 36.9 Å². The first-order chi connectivity index (χ1) is 9.54. The van der Waals surface area contributed by atoms with E-state index in [1.165, 1.54) is 0 Å². The molecule has 4 heteroatoms.